The normalized spacial score (nSPS) is 13.1. The van der Waals surface area contributed by atoms with Gasteiger partial charge in [-0.2, -0.15) is 0 Å². The molecule has 0 heterocycles. The van der Waals surface area contributed by atoms with E-state index in [1.807, 2.05) is 26.8 Å². The van der Waals surface area contributed by atoms with Crippen LogP contribution in [-0.4, -0.2) is 17.9 Å². The standard InChI is InChI=1S/C21H24F2N2O2/c1-12(2)19(25-20(26)16-7-5-6-13(3)10-16)21(27)24-14(4)15-8-9-17(22)18(23)11-15/h5-12,14,19H,1-4H3,(H,24,27)(H,25,26). The minimum atomic E-state index is -0.971. The van der Waals surface area contributed by atoms with Gasteiger partial charge in [0.05, 0.1) is 6.04 Å². The number of hydrogen-bond donors (Lipinski definition) is 2. The molecular weight excluding hydrogens is 350 g/mol. The van der Waals surface area contributed by atoms with E-state index < -0.39 is 23.7 Å². The van der Waals surface area contributed by atoms with Gasteiger partial charge in [0.25, 0.3) is 5.91 Å². The Bertz CT molecular complexity index is 837. The summed E-state index contributed by atoms with van der Waals surface area (Å²) >= 11 is 0. The van der Waals surface area contributed by atoms with Crippen molar-refractivity contribution in [3.8, 4) is 0 Å². The number of benzene rings is 2. The fourth-order valence-corrected chi connectivity index (χ4v) is 2.71. The van der Waals surface area contributed by atoms with Gasteiger partial charge < -0.3 is 10.6 Å². The molecule has 0 aromatic heterocycles. The second-order valence-corrected chi connectivity index (χ2v) is 6.97. The summed E-state index contributed by atoms with van der Waals surface area (Å²) in [5.74, 6) is -2.79. The molecule has 0 saturated heterocycles. The number of carbonyl (C=O) groups is 2. The Morgan fingerprint density at radius 1 is 0.926 bits per heavy atom. The molecule has 2 unspecified atom stereocenters. The minimum absolute atomic E-state index is 0.157. The summed E-state index contributed by atoms with van der Waals surface area (Å²) in [5.41, 5.74) is 1.86. The van der Waals surface area contributed by atoms with E-state index in [2.05, 4.69) is 10.6 Å². The molecule has 0 aliphatic carbocycles. The van der Waals surface area contributed by atoms with Crippen molar-refractivity contribution < 1.29 is 18.4 Å². The first-order chi connectivity index (χ1) is 12.7. The van der Waals surface area contributed by atoms with E-state index in [1.165, 1.54) is 6.07 Å². The Morgan fingerprint density at radius 3 is 2.22 bits per heavy atom. The quantitative estimate of drug-likeness (QED) is 0.806. The van der Waals surface area contributed by atoms with Crippen LogP contribution in [-0.2, 0) is 4.79 Å². The number of aryl methyl sites for hydroxylation is 1. The van der Waals surface area contributed by atoms with Crippen LogP contribution in [0.15, 0.2) is 42.5 Å². The number of nitrogens with one attached hydrogen (secondary N) is 2. The number of halogens is 2. The molecular formula is C21H24F2N2O2. The topological polar surface area (TPSA) is 58.2 Å². The summed E-state index contributed by atoms with van der Waals surface area (Å²) in [5, 5.41) is 5.50. The third-order valence-electron chi connectivity index (χ3n) is 4.32. The Kier molecular flexibility index (Phi) is 6.66. The van der Waals surface area contributed by atoms with Crippen LogP contribution in [0.2, 0.25) is 0 Å². The highest BCUT2D eigenvalue weighted by Gasteiger charge is 2.26. The molecule has 0 saturated carbocycles. The molecule has 27 heavy (non-hydrogen) atoms. The van der Waals surface area contributed by atoms with E-state index in [4.69, 9.17) is 0 Å². The van der Waals surface area contributed by atoms with Gasteiger partial charge in [0.1, 0.15) is 6.04 Å². The summed E-state index contributed by atoms with van der Waals surface area (Å²) in [6.45, 7) is 7.20. The molecule has 2 rings (SSSR count). The fraction of sp³-hybridized carbons (Fsp3) is 0.333. The van der Waals surface area contributed by atoms with Crippen molar-refractivity contribution in [1.82, 2.24) is 10.6 Å². The van der Waals surface area contributed by atoms with Gasteiger partial charge in [0, 0.05) is 5.56 Å². The molecule has 2 atom stereocenters. The van der Waals surface area contributed by atoms with Gasteiger partial charge >= 0.3 is 0 Å². The summed E-state index contributed by atoms with van der Waals surface area (Å²) in [6, 6.07) is 9.28. The smallest absolute Gasteiger partial charge is 0.251 e. The van der Waals surface area contributed by atoms with Crippen LogP contribution >= 0.6 is 0 Å². The van der Waals surface area contributed by atoms with Gasteiger partial charge in [0.15, 0.2) is 11.6 Å². The van der Waals surface area contributed by atoms with Crippen LogP contribution in [0.3, 0.4) is 0 Å². The maximum Gasteiger partial charge on any atom is 0.251 e. The maximum absolute atomic E-state index is 13.4. The number of rotatable bonds is 6. The number of amides is 2. The van der Waals surface area contributed by atoms with Gasteiger partial charge in [-0.1, -0.05) is 37.6 Å². The van der Waals surface area contributed by atoms with Crippen molar-refractivity contribution in [2.45, 2.75) is 39.8 Å². The second kappa shape index (κ2) is 8.75. The minimum Gasteiger partial charge on any atom is -0.348 e. The summed E-state index contributed by atoms with van der Waals surface area (Å²) in [7, 11) is 0. The molecule has 2 aromatic rings. The molecule has 0 aliphatic heterocycles. The largest absolute Gasteiger partial charge is 0.348 e. The van der Waals surface area contributed by atoms with Crippen molar-refractivity contribution in [2.24, 2.45) is 5.92 Å². The van der Waals surface area contributed by atoms with Crippen molar-refractivity contribution >= 4 is 11.8 Å². The highest BCUT2D eigenvalue weighted by Crippen LogP contribution is 2.17. The van der Waals surface area contributed by atoms with Crippen molar-refractivity contribution in [1.29, 1.82) is 0 Å². The van der Waals surface area contributed by atoms with E-state index in [1.54, 1.807) is 25.1 Å². The van der Waals surface area contributed by atoms with Crippen LogP contribution in [0.25, 0.3) is 0 Å². The molecule has 0 fully saturated rings. The average Bonchev–Trinajstić information content (AvgIpc) is 2.61. The third kappa shape index (κ3) is 5.36. The molecule has 4 nitrogen and oxygen atoms in total. The molecule has 0 aliphatic rings. The van der Waals surface area contributed by atoms with Gasteiger partial charge in [0.2, 0.25) is 5.91 Å². The highest BCUT2D eigenvalue weighted by molar-refractivity contribution is 5.97. The van der Waals surface area contributed by atoms with E-state index in [-0.39, 0.29) is 17.7 Å². The van der Waals surface area contributed by atoms with Crippen LogP contribution in [0.4, 0.5) is 8.78 Å². The monoisotopic (exact) mass is 374 g/mol. The first-order valence-corrected chi connectivity index (χ1v) is 8.82. The first-order valence-electron chi connectivity index (χ1n) is 8.82. The summed E-state index contributed by atoms with van der Waals surface area (Å²) < 4.78 is 26.5. The lowest BCUT2D eigenvalue weighted by molar-refractivity contribution is -0.124. The molecule has 2 amide bonds. The predicted octanol–water partition coefficient (Wildman–Crippen LogP) is 3.91. The zero-order valence-electron chi connectivity index (χ0n) is 15.8. The third-order valence-corrected chi connectivity index (χ3v) is 4.32. The average molecular weight is 374 g/mol. The predicted molar refractivity (Wildman–Crippen MR) is 100 cm³/mol. The fourth-order valence-electron chi connectivity index (χ4n) is 2.71. The number of carbonyl (C=O) groups excluding carboxylic acids is 2. The molecule has 0 spiro atoms. The lowest BCUT2D eigenvalue weighted by Crippen LogP contribution is -2.50. The molecule has 2 aromatic carbocycles. The number of hydrogen-bond acceptors (Lipinski definition) is 2. The lowest BCUT2D eigenvalue weighted by atomic mass is 10.0. The van der Waals surface area contributed by atoms with E-state index in [0.29, 0.717) is 11.1 Å². The van der Waals surface area contributed by atoms with Crippen molar-refractivity contribution in [3.05, 3.63) is 70.8 Å². The van der Waals surface area contributed by atoms with Crippen LogP contribution < -0.4 is 10.6 Å². The molecule has 6 heteroatoms. The zero-order chi connectivity index (χ0) is 20.1. The molecule has 0 bridgehead atoms. The van der Waals surface area contributed by atoms with Gasteiger partial charge in [-0.3, -0.25) is 9.59 Å². The summed E-state index contributed by atoms with van der Waals surface area (Å²) in [6.07, 6.45) is 0. The zero-order valence-corrected chi connectivity index (χ0v) is 15.8. The van der Waals surface area contributed by atoms with Crippen molar-refractivity contribution in [3.63, 3.8) is 0 Å². The Hall–Kier alpha value is -2.76. The second-order valence-electron chi connectivity index (χ2n) is 6.97. The van der Waals surface area contributed by atoms with E-state index in [0.717, 1.165) is 17.7 Å². The highest BCUT2D eigenvalue weighted by atomic mass is 19.2. The summed E-state index contributed by atoms with van der Waals surface area (Å²) in [4.78, 5) is 25.1. The SMILES string of the molecule is Cc1cccc(C(=O)NC(C(=O)NC(C)c2ccc(F)c(F)c2)C(C)C)c1. The first kappa shape index (κ1) is 20.6. The molecule has 0 radical (unpaired) electrons. The Balaban J connectivity index is 2.10. The van der Waals surface area contributed by atoms with Crippen LogP contribution in [0, 0.1) is 24.5 Å². The van der Waals surface area contributed by atoms with Gasteiger partial charge in [-0.25, -0.2) is 8.78 Å². The van der Waals surface area contributed by atoms with Gasteiger partial charge in [-0.05, 0) is 49.6 Å². The Labute approximate surface area is 158 Å². The van der Waals surface area contributed by atoms with E-state index in [9.17, 15) is 18.4 Å². The van der Waals surface area contributed by atoms with Gasteiger partial charge in [-0.15, -0.1) is 0 Å². The molecule has 2 N–H and O–H groups in total. The maximum atomic E-state index is 13.4. The lowest BCUT2D eigenvalue weighted by Gasteiger charge is -2.24. The van der Waals surface area contributed by atoms with E-state index >= 15 is 0 Å². The van der Waals surface area contributed by atoms with Crippen LogP contribution in [0.1, 0.15) is 48.3 Å². The van der Waals surface area contributed by atoms with Crippen LogP contribution in [0.5, 0.6) is 0 Å². The van der Waals surface area contributed by atoms with Crippen molar-refractivity contribution in [2.75, 3.05) is 0 Å². The Morgan fingerprint density at radius 2 is 1.63 bits per heavy atom. The molecule has 144 valence electrons.